The standard InChI is InChI=1S/C21H23F3N2O3S/c1-12-5-7-15-13(10-12)19-17(26(15)16-4-3-9-25-11-18(16)27)8-6-14(21(22,23)24)20(19)30(2,28)29/h5-8,10,16,18,25,27H,3-4,9,11H2,1-2H3/t16-,18-/m1/s1. The summed E-state index contributed by atoms with van der Waals surface area (Å²) in [4.78, 5) is -0.705. The fraction of sp³-hybridized carbons (Fsp3) is 0.429. The van der Waals surface area contributed by atoms with Crippen molar-refractivity contribution < 1.29 is 26.7 Å². The highest BCUT2D eigenvalue weighted by atomic mass is 32.2. The number of rotatable bonds is 2. The molecule has 3 aromatic rings. The van der Waals surface area contributed by atoms with Gasteiger partial charge in [0.15, 0.2) is 9.84 Å². The van der Waals surface area contributed by atoms with Gasteiger partial charge in [0.05, 0.1) is 28.1 Å². The Morgan fingerprint density at radius 3 is 2.53 bits per heavy atom. The van der Waals surface area contributed by atoms with E-state index in [0.717, 1.165) is 30.9 Å². The van der Waals surface area contributed by atoms with Crippen molar-refractivity contribution in [2.45, 2.75) is 43.0 Å². The maximum absolute atomic E-state index is 13.7. The predicted octanol–water partition coefficient (Wildman–Crippen LogP) is 3.81. The quantitative estimate of drug-likeness (QED) is 0.636. The number of halogens is 3. The van der Waals surface area contributed by atoms with Gasteiger partial charge >= 0.3 is 6.18 Å². The van der Waals surface area contributed by atoms with Crippen LogP contribution in [0.5, 0.6) is 0 Å². The normalized spacial score (nSPS) is 21.3. The van der Waals surface area contributed by atoms with Crippen molar-refractivity contribution in [2.75, 3.05) is 19.3 Å². The molecule has 0 amide bonds. The van der Waals surface area contributed by atoms with Crippen LogP contribution in [-0.2, 0) is 16.0 Å². The molecule has 2 heterocycles. The van der Waals surface area contributed by atoms with Gasteiger partial charge in [-0.2, -0.15) is 13.2 Å². The number of sulfone groups is 1. The van der Waals surface area contributed by atoms with Crippen LogP contribution >= 0.6 is 0 Å². The highest BCUT2D eigenvalue weighted by Crippen LogP contribution is 2.43. The summed E-state index contributed by atoms with van der Waals surface area (Å²) in [6.45, 7) is 2.90. The minimum Gasteiger partial charge on any atom is -0.390 e. The molecule has 4 rings (SSSR count). The lowest BCUT2D eigenvalue weighted by molar-refractivity contribution is -0.139. The smallest absolute Gasteiger partial charge is 0.390 e. The fourth-order valence-corrected chi connectivity index (χ4v) is 5.67. The molecule has 2 atom stereocenters. The van der Waals surface area contributed by atoms with E-state index < -0.39 is 32.6 Å². The number of aliphatic hydroxyl groups is 1. The van der Waals surface area contributed by atoms with Gasteiger partial charge < -0.3 is 15.0 Å². The van der Waals surface area contributed by atoms with E-state index in [0.29, 0.717) is 29.4 Å². The van der Waals surface area contributed by atoms with Crippen LogP contribution in [0.2, 0.25) is 0 Å². The van der Waals surface area contributed by atoms with Gasteiger partial charge in [-0.25, -0.2) is 8.42 Å². The average Bonchev–Trinajstić information content (AvgIpc) is 2.79. The molecule has 30 heavy (non-hydrogen) atoms. The SMILES string of the molecule is Cc1ccc2c(c1)c1c(S(C)(=O)=O)c(C(F)(F)F)ccc1n2[C@@H]1CCCNC[C@H]1O. The Balaban J connectivity index is 2.19. The molecule has 2 aromatic carbocycles. The third-order valence-corrected chi connectivity index (χ3v) is 6.90. The van der Waals surface area contributed by atoms with Crippen LogP contribution < -0.4 is 5.32 Å². The van der Waals surface area contributed by atoms with E-state index in [-0.39, 0.29) is 11.4 Å². The van der Waals surface area contributed by atoms with E-state index >= 15 is 0 Å². The Bertz CT molecular complexity index is 1230. The van der Waals surface area contributed by atoms with Gasteiger partial charge in [0.1, 0.15) is 0 Å². The van der Waals surface area contributed by atoms with E-state index in [1.54, 1.807) is 19.1 Å². The summed E-state index contributed by atoms with van der Waals surface area (Å²) < 4.78 is 68.2. The van der Waals surface area contributed by atoms with Crippen LogP contribution in [0.1, 0.15) is 30.0 Å². The van der Waals surface area contributed by atoms with Crippen molar-refractivity contribution in [3.63, 3.8) is 0 Å². The molecule has 0 unspecified atom stereocenters. The minimum atomic E-state index is -4.81. The van der Waals surface area contributed by atoms with E-state index in [1.807, 2.05) is 10.6 Å². The lowest BCUT2D eigenvalue weighted by Gasteiger charge is -2.24. The van der Waals surface area contributed by atoms with Crippen LogP contribution in [0.4, 0.5) is 13.2 Å². The van der Waals surface area contributed by atoms with Crippen molar-refractivity contribution in [3.05, 3.63) is 41.5 Å². The molecule has 162 valence electrons. The van der Waals surface area contributed by atoms with Crippen molar-refractivity contribution in [1.82, 2.24) is 9.88 Å². The minimum absolute atomic E-state index is 0.0652. The number of β-amino-alcohol motifs (C(OH)–C–C–N with tert-alkyl or cyclic N) is 1. The Morgan fingerprint density at radius 1 is 1.17 bits per heavy atom. The lowest BCUT2D eigenvalue weighted by Crippen LogP contribution is -2.31. The Kier molecular flexibility index (Phi) is 5.11. The zero-order valence-electron chi connectivity index (χ0n) is 16.6. The van der Waals surface area contributed by atoms with E-state index in [2.05, 4.69) is 5.32 Å². The average molecular weight is 440 g/mol. The zero-order valence-corrected chi connectivity index (χ0v) is 17.4. The molecule has 9 heteroatoms. The van der Waals surface area contributed by atoms with Crippen LogP contribution in [-0.4, -0.2) is 43.5 Å². The van der Waals surface area contributed by atoms with Crippen molar-refractivity contribution in [2.24, 2.45) is 0 Å². The first kappa shape index (κ1) is 21.1. The summed E-state index contributed by atoms with van der Waals surface area (Å²) in [5.74, 6) is 0. The summed E-state index contributed by atoms with van der Waals surface area (Å²) in [6, 6.07) is 7.12. The lowest BCUT2D eigenvalue weighted by atomic mass is 10.1. The molecule has 0 spiro atoms. The number of aromatic nitrogens is 1. The highest BCUT2D eigenvalue weighted by molar-refractivity contribution is 7.91. The van der Waals surface area contributed by atoms with E-state index in [4.69, 9.17) is 0 Å². The molecule has 1 aliphatic rings. The molecular formula is C21H23F3N2O3S. The molecule has 1 aromatic heterocycles. The van der Waals surface area contributed by atoms with Crippen molar-refractivity contribution >= 4 is 31.6 Å². The summed E-state index contributed by atoms with van der Waals surface area (Å²) >= 11 is 0. The Morgan fingerprint density at radius 2 is 1.87 bits per heavy atom. The van der Waals surface area contributed by atoms with Crippen LogP contribution in [0.3, 0.4) is 0 Å². The second-order valence-electron chi connectivity index (χ2n) is 7.98. The third kappa shape index (κ3) is 3.48. The second-order valence-corrected chi connectivity index (χ2v) is 9.93. The topological polar surface area (TPSA) is 71.3 Å². The van der Waals surface area contributed by atoms with Crippen LogP contribution in [0, 0.1) is 6.92 Å². The zero-order chi connectivity index (χ0) is 21.8. The fourth-order valence-electron chi connectivity index (χ4n) is 4.50. The van der Waals surface area contributed by atoms with Gasteiger partial charge in [-0.15, -0.1) is 0 Å². The van der Waals surface area contributed by atoms with Crippen molar-refractivity contribution in [3.8, 4) is 0 Å². The second kappa shape index (κ2) is 7.25. The molecule has 0 radical (unpaired) electrons. The molecule has 1 fully saturated rings. The maximum atomic E-state index is 13.7. The van der Waals surface area contributed by atoms with Gasteiger partial charge in [0.25, 0.3) is 0 Å². The number of nitrogens with one attached hydrogen (secondary N) is 1. The van der Waals surface area contributed by atoms with Gasteiger partial charge in [0.2, 0.25) is 0 Å². The van der Waals surface area contributed by atoms with Crippen LogP contribution in [0.15, 0.2) is 35.2 Å². The number of nitrogens with zero attached hydrogens (tertiary/aromatic N) is 1. The number of aryl methyl sites for hydroxylation is 1. The number of hydrogen-bond donors (Lipinski definition) is 2. The predicted molar refractivity (Wildman–Crippen MR) is 109 cm³/mol. The number of alkyl halides is 3. The molecule has 2 N–H and O–H groups in total. The largest absolute Gasteiger partial charge is 0.417 e. The van der Waals surface area contributed by atoms with Gasteiger partial charge in [-0.3, -0.25) is 0 Å². The molecule has 1 saturated heterocycles. The number of hydrogen-bond acceptors (Lipinski definition) is 4. The summed E-state index contributed by atoms with van der Waals surface area (Å²) in [7, 11) is -4.19. The highest BCUT2D eigenvalue weighted by Gasteiger charge is 2.39. The van der Waals surface area contributed by atoms with Gasteiger partial charge in [-0.1, -0.05) is 11.6 Å². The van der Waals surface area contributed by atoms with Gasteiger partial charge in [0, 0.05) is 29.1 Å². The molecular weight excluding hydrogens is 417 g/mol. The van der Waals surface area contributed by atoms with Crippen molar-refractivity contribution in [1.29, 1.82) is 0 Å². The summed E-state index contributed by atoms with van der Waals surface area (Å²) in [5.41, 5.74) is 0.642. The maximum Gasteiger partial charge on any atom is 0.417 e. The Hall–Kier alpha value is -2.10. The number of aliphatic hydroxyl groups excluding tert-OH is 1. The number of benzene rings is 2. The molecule has 1 aliphatic heterocycles. The van der Waals surface area contributed by atoms with E-state index in [1.165, 1.54) is 6.07 Å². The molecule has 0 aliphatic carbocycles. The monoisotopic (exact) mass is 440 g/mol. The molecule has 0 saturated carbocycles. The first-order valence-corrected chi connectivity index (χ1v) is 11.6. The van der Waals surface area contributed by atoms with E-state index in [9.17, 15) is 26.7 Å². The first-order chi connectivity index (χ1) is 14.0. The molecule has 5 nitrogen and oxygen atoms in total. The third-order valence-electron chi connectivity index (χ3n) is 5.74. The Labute approximate surface area is 172 Å². The van der Waals surface area contributed by atoms with Gasteiger partial charge in [-0.05, 0) is 50.6 Å². The number of fused-ring (bicyclic) bond motifs is 3. The van der Waals surface area contributed by atoms with Crippen LogP contribution in [0.25, 0.3) is 21.8 Å². The summed E-state index contributed by atoms with van der Waals surface area (Å²) in [5, 5.41) is 14.4. The molecule has 0 bridgehead atoms. The summed E-state index contributed by atoms with van der Waals surface area (Å²) in [6.07, 6.45) is -3.35. The first-order valence-electron chi connectivity index (χ1n) is 9.73.